The molecule has 0 aliphatic carbocycles. The number of aliphatic hydroxyl groups excluding tert-OH is 1. The lowest BCUT2D eigenvalue weighted by Gasteiger charge is -2.22. The van der Waals surface area contributed by atoms with E-state index >= 15 is 0 Å². The summed E-state index contributed by atoms with van der Waals surface area (Å²) < 4.78 is 30.1. The molecule has 1 amide bonds. The van der Waals surface area contributed by atoms with Gasteiger partial charge in [0, 0.05) is 5.75 Å². The van der Waals surface area contributed by atoms with Crippen molar-refractivity contribution in [2.24, 2.45) is 0 Å². The van der Waals surface area contributed by atoms with E-state index in [9.17, 15) is 18.5 Å². The van der Waals surface area contributed by atoms with Gasteiger partial charge < -0.3 is 9.84 Å². The fourth-order valence-corrected chi connectivity index (χ4v) is 2.87. The first kappa shape index (κ1) is 14.0. The van der Waals surface area contributed by atoms with Crippen LogP contribution in [-0.2, 0) is 15.5 Å². The molecular formula is C12H14FNO4S. The monoisotopic (exact) mass is 287 g/mol. The molecule has 2 atom stereocenters. The van der Waals surface area contributed by atoms with E-state index in [4.69, 9.17) is 4.74 Å². The van der Waals surface area contributed by atoms with Gasteiger partial charge in [-0.3, -0.25) is 9.11 Å². The van der Waals surface area contributed by atoms with Crippen LogP contribution in [0.5, 0.6) is 0 Å². The molecule has 1 aromatic carbocycles. The van der Waals surface area contributed by atoms with E-state index < -0.39 is 28.8 Å². The van der Waals surface area contributed by atoms with Crippen molar-refractivity contribution in [2.75, 3.05) is 23.9 Å². The van der Waals surface area contributed by atoms with Crippen molar-refractivity contribution < 1.29 is 23.2 Å². The highest BCUT2D eigenvalue weighted by Crippen LogP contribution is 2.30. The van der Waals surface area contributed by atoms with Crippen molar-refractivity contribution in [3.63, 3.8) is 0 Å². The zero-order chi connectivity index (χ0) is 14.0. The van der Waals surface area contributed by atoms with Crippen molar-refractivity contribution in [3.8, 4) is 0 Å². The molecule has 1 N–H and O–H groups in total. The number of amides is 1. The number of aliphatic hydroxyl groups is 1. The van der Waals surface area contributed by atoms with E-state index in [1.807, 2.05) is 0 Å². The first-order chi connectivity index (χ1) is 9.08. The molecule has 0 bridgehead atoms. The average Bonchev–Trinajstić information content (AvgIpc) is 2.79. The van der Waals surface area contributed by atoms with Gasteiger partial charge in [0.15, 0.2) is 0 Å². The summed E-state index contributed by atoms with van der Waals surface area (Å²) in [7, 11) is -1.41. The van der Waals surface area contributed by atoms with Crippen molar-refractivity contribution in [2.45, 2.75) is 17.9 Å². The van der Waals surface area contributed by atoms with Crippen LogP contribution < -0.4 is 4.90 Å². The lowest BCUT2D eigenvalue weighted by atomic mass is 10.2. The van der Waals surface area contributed by atoms with Crippen LogP contribution in [0, 0.1) is 5.82 Å². The van der Waals surface area contributed by atoms with Gasteiger partial charge in [0.25, 0.3) is 0 Å². The number of anilines is 1. The topological polar surface area (TPSA) is 66.8 Å². The Labute approximate surface area is 112 Å². The maximum atomic E-state index is 13.3. The standard InChI is InChI=1S/C12H14FNO4S/c1-2-19(17)11-5-8(13)3-4-10(11)14-9(6-15)7-18-12(14)16/h3-5,9,15H,2,6-7H2,1H3. The molecule has 0 aromatic heterocycles. The fourth-order valence-electron chi connectivity index (χ4n) is 1.91. The van der Waals surface area contributed by atoms with Crippen molar-refractivity contribution >= 4 is 22.6 Å². The molecule has 1 aromatic rings. The quantitative estimate of drug-likeness (QED) is 0.905. The summed E-state index contributed by atoms with van der Waals surface area (Å²) in [6.07, 6.45) is -0.625. The van der Waals surface area contributed by atoms with Gasteiger partial charge in [0.05, 0.1) is 34.0 Å². The third-order valence-electron chi connectivity index (χ3n) is 2.86. The lowest BCUT2D eigenvalue weighted by molar-refractivity contribution is 0.174. The summed E-state index contributed by atoms with van der Waals surface area (Å²) in [5, 5.41) is 9.23. The minimum atomic E-state index is -1.41. The third-order valence-corrected chi connectivity index (χ3v) is 4.20. The number of ether oxygens (including phenoxy) is 1. The Kier molecular flexibility index (Phi) is 4.16. The fraction of sp³-hybridized carbons (Fsp3) is 0.417. The average molecular weight is 287 g/mol. The SMILES string of the molecule is CCS(=O)c1cc(F)ccc1N1C(=O)OCC1CO. The van der Waals surface area contributed by atoms with E-state index in [-0.39, 0.29) is 18.1 Å². The molecule has 1 heterocycles. The summed E-state index contributed by atoms with van der Waals surface area (Å²) in [5.74, 6) is -0.211. The van der Waals surface area contributed by atoms with Crippen LogP contribution >= 0.6 is 0 Å². The normalized spacial score (nSPS) is 20.5. The van der Waals surface area contributed by atoms with Gasteiger partial charge in [-0.15, -0.1) is 0 Å². The Bertz CT molecular complexity index is 522. The smallest absolute Gasteiger partial charge is 0.414 e. The van der Waals surface area contributed by atoms with Crippen molar-refractivity contribution in [1.82, 2.24) is 0 Å². The number of cyclic esters (lactones) is 1. The molecular weight excluding hydrogens is 273 g/mol. The van der Waals surface area contributed by atoms with Crippen LogP contribution in [0.1, 0.15) is 6.92 Å². The zero-order valence-electron chi connectivity index (χ0n) is 10.3. The second-order valence-electron chi connectivity index (χ2n) is 4.03. The van der Waals surface area contributed by atoms with Gasteiger partial charge in [0.1, 0.15) is 12.4 Å². The van der Waals surface area contributed by atoms with Crippen molar-refractivity contribution in [1.29, 1.82) is 0 Å². The van der Waals surface area contributed by atoms with Gasteiger partial charge in [0.2, 0.25) is 0 Å². The Morgan fingerprint density at radius 3 is 2.95 bits per heavy atom. The summed E-state index contributed by atoms with van der Waals surface area (Å²) in [6.45, 7) is 1.49. The molecule has 1 saturated heterocycles. The highest BCUT2D eigenvalue weighted by atomic mass is 32.2. The number of halogens is 1. The molecule has 0 spiro atoms. The molecule has 5 nitrogen and oxygen atoms in total. The number of carbonyl (C=O) groups excluding carboxylic acids is 1. The Hall–Kier alpha value is -1.47. The predicted molar refractivity (Wildman–Crippen MR) is 68.1 cm³/mol. The molecule has 1 aliphatic heterocycles. The van der Waals surface area contributed by atoms with Gasteiger partial charge in [-0.2, -0.15) is 0 Å². The number of hydrogen-bond donors (Lipinski definition) is 1. The molecule has 2 unspecified atom stereocenters. The Morgan fingerprint density at radius 1 is 1.58 bits per heavy atom. The predicted octanol–water partition coefficient (Wildman–Crippen LogP) is 1.27. The first-order valence-corrected chi connectivity index (χ1v) is 7.15. The summed E-state index contributed by atoms with van der Waals surface area (Å²) in [4.78, 5) is 13.2. The number of nitrogens with zero attached hydrogens (tertiary/aromatic N) is 1. The highest BCUT2D eigenvalue weighted by molar-refractivity contribution is 7.85. The Morgan fingerprint density at radius 2 is 2.32 bits per heavy atom. The van der Waals surface area contributed by atoms with E-state index in [1.54, 1.807) is 6.92 Å². The van der Waals surface area contributed by atoms with Gasteiger partial charge in [-0.05, 0) is 18.2 Å². The van der Waals surface area contributed by atoms with Crippen LogP contribution in [0.2, 0.25) is 0 Å². The van der Waals surface area contributed by atoms with E-state index in [1.165, 1.54) is 17.0 Å². The minimum Gasteiger partial charge on any atom is -0.447 e. The molecule has 1 fully saturated rings. The largest absolute Gasteiger partial charge is 0.447 e. The van der Waals surface area contributed by atoms with Crippen LogP contribution in [0.25, 0.3) is 0 Å². The maximum Gasteiger partial charge on any atom is 0.414 e. The van der Waals surface area contributed by atoms with E-state index in [2.05, 4.69) is 0 Å². The molecule has 7 heteroatoms. The Balaban J connectivity index is 2.49. The van der Waals surface area contributed by atoms with Crippen LogP contribution in [-0.4, -0.2) is 40.4 Å². The maximum absolute atomic E-state index is 13.3. The van der Waals surface area contributed by atoms with Crippen LogP contribution in [0.15, 0.2) is 23.1 Å². The van der Waals surface area contributed by atoms with Gasteiger partial charge in [-0.25, -0.2) is 9.18 Å². The number of benzene rings is 1. The molecule has 2 rings (SSSR count). The summed E-state index contributed by atoms with van der Waals surface area (Å²) in [6, 6.07) is 3.18. The lowest BCUT2D eigenvalue weighted by Crippen LogP contribution is -2.36. The second kappa shape index (κ2) is 5.66. The van der Waals surface area contributed by atoms with Crippen LogP contribution in [0.4, 0.5) is 14.9 Å². The minimum absolute atomic E-state index is 0.0604. The molecule has 1 aliphatic rings. The summed E-state index contributed by atoms with van der Waals surface area (Å²) in [5.41, 5.74) is 0.322. The number of rotatable bonds is 4. The molecule has 0 radical (unpaired) electrons. The number of carbonyl (C=O) groups is 1. The number of hydrogen-bond acceptors (Lipinski definition) is 4. The zero-order valence-corrected chi connectivity index (χ0v) is 11.2. The third kappa shape index (κ3) is 2.62. The van der Waals surface area contributed by atoms with Crippen LogP contribution in [0.3, 0.4) is 0 Å². The summed E-state index contributed by atoms with van der Waals surface area (Å²) >= 11 is 0. The second-order valence-corrected chi connectivity index (χ2v) is 5.74. The van der Waals surface area contributed by atoms with E-state index in [0.717, 1.165) is 6.07 Å². The van der Waals surface area contributed by atoms with E-state index in [0.29, 0.717) is 11.4 Å². The van der Waals surface area contributed by atoms with Crippen molar-refractivity contribution in [3.05, 3.63) is 24.0 Å². The van der Waals surface area contributed by atoms with Gasteiger partial charge >= 0.3 is 6.09 Å². The molecule has 0 saturated carbocycles. The highest BCUT2D eigenvalue weighted by Gasteiger charge is 2.35. The molecule has 104 valence electrons. The first-order valence-electron chi connectivity index (χ1n) is 5.83. The molecule has 19 heavy (non-hydrogen) atoms. The van der Waals surface area contributed by atoms with Gasteiger partial charge in [-0.1, -0.05) is 6.92 Å².